The minimum atomic E-state index is -0.415. The van der Waals surface area contributed by atoms with E-state index in [1.54, 1.807) is 12.1 Å². The SMILES string of the molecule is CC(C)[C@H](N)C(=O)N1CCN(c2cccc(O)c2)CC1. The quantitative estimate of drug-likeness (QED) is 0.865. The van der Waals surface area contributed by atoms with Crippen LogP contribution in [0.1, 0.15) is 13.8 Å². The Balaban J connectivity index is 1.94. The Kier molecular flexibility index (Phi) is 4.49. The van der Waals surface area contributed by atoms with Gasteiger partial charge >= 0.3 is 0 Å². The second kappa shape index (κ2) is 6.13. The van der Waals surface area contributed by atoms with Crippen molar-refractivity contribution in [2.45, 2.75) is 19.9 Å². The molecule has 20 heavy (non-hydrogen) atoms. The number of amides is 1. The number of phenols is 1. The largest absolute Gasteiger partial charge is 0.508 e. The number of carbonyl (C=O) groups is 1. The van der Waals surface area contributed by atoms with Gasteiger partial charge in [-0.15, -0.1) is 0 Å². The normalized spacial score (nSPS) is 17.4. The summed E-state index contributed by atoms with van der Waals surface area (Å²) in [7, 11) is 0. The average Bonchev–Trinajstić information content (AvgIpc) is 2.46. The van der Waals surface area contributed by atoms with Crippen molar-refractivity contribution >= 4 is 11.6 Å². The third-order valence-electron chi connectivity index (χ3n) is 3.79. The van der Waals surface area contributed by atoms with Crippen LogP contribution in [0, 0.1) is 5.92 Å². The lowest BCUT2D eigenvalue weighted by Gasteiger charge is -2.37. The number of carbonyl (C=O) groups excluding carboxylic acids is 1. The number of rotatable bonds is 3. The van der Waals surface area contributed by atoms with Crippen LogP contribution in [0.4, 0.5) is 5.69 Å². The molecule has 1 aromatic carbocycles. The van der Waals surface area contributed by atoms with Crippen LogP contribution in [0.15, 0.2) is 24.3 Å². The fourth-order valence-electron chi connectivity index (χ4n) is 2.37. The molecule has 5 nitrogen and oxygen atoms in total. The molecule has 0 bridgehead atoms. The number of anilines is 1. The summed E-state index contributed by atoms with van der Waals surface area (Å²) >= 11 is 0. The van der Waals surface area contributed by atoms with Gasteiger partial charge in [-0.25, -0.2) is 0 Å². The molecule has 1 fully saturated rings. The van der Waals surface area contributed by atoms with Gasteiger partial charge in [0.2, 0.25) is 5.91 Å². The zero-order valence-electron chi connectivity index (χ0n) is 12.1. The molecule has 1 heterocycles. The minimum absolute atomic E-state index is 0.0376. The number of phenolic OH excluding ortho intramolecular Hbond substituents is 1. The number of hydrogen-bond acceptors (Lipinski definition) is 4. The van der Waals surface area contributed by atoms with Crippen molar-refractivity contribution in [1.82, 2.24) is 4.90 Å². The molecule has 1 saturated heterocycles. The number of benzene rings is 1. The van der Waals surface area contributed by atoms with E-state index < -0.39 is 6.04 Å². The molecule has 0 unspecified atom stereocenters. The van der Waals surface area contributed by atoms with Crippen LogP contribution >= 0.6 is 0 Å². The summed E-state index contributed by atoms with van der Waals surface area (Å²) in [5.74, 6) is 0.463. The van der Waals surface area contributed by atoms with Crippen molar-refractivity contribution in [3.63, 3.8) is 0 Å². The average molecular weight is 277 g/mol. The lowest BCUT2D eigenvalue weighted by molar-refractivity contribution is -0.133. The Labute approximate surface area is 120 Å². The summed E-state index contributed by atoms with van der Waals surface area (Å²) < 4.78 is 0. The molecule has 5 heteroatoms. The van der Waals surface area contributed by atoms with Gasteiger partial charge in [0.25, 0.3) is 0 Å². The highest BCUT2D eigenvalue weighted by atomic mass is 16.3. The molecule has 110 valence electrons. The molecule has 0 aliphatic carbocycles. The molecule has 3 N–H and O–H groups in total. The van der Waals surface area contributed by atoms with Gasteiger partial charge in [0.1, 0.15) is 5.75 Å². The van der Waals surface area contributed by atoms with Crippen molar-refractivity contribution in [3.05, 3.63) is 24.3 Å². The van der Waals surface area contributed by atoms with E-state index in [2.05, 4.69) is 4.90 Å². The standard InChI is InChI=1S/C15H23N3O2/c1-11(2)14(16)15(20)18-8-6-17(7-9-18)12-4-3-5-13(19)10-12/h3-5,10-11,14,19H,6-9,16H2,1-2H3/t14-/m0/s1. The smallest absolute Gasteiger partial charge is 0.239 e. The van der Waals surface area contributed by atoms with Gasteiger partial charge in [-0.1, -0.05) is 19.9 Å². The fraction of sp³-hybridized carbons (Fsp3) is 0.533. The Morgan fingerprint density at radius 3 is 2.45 bits per heavy atom. The monoisotopic (exact) mass is 277 g/mol. The zero-order valence-corrected chi connectivity index (χ0v) is 12.1. The van der Waals surface area contributed by atoms with Crippen molar-refractivity contribution in [3.8, 4) is 5.75 Å². The first-order chi connectivity index (χ1) is 9.49. The van der Waals surface area contributed by atoms with Gasteiger partial charge < -0.3 is 20.6 Å². The molecule has 1 atom stereocenters. The molecular formula is C15H23N3O2. The molecule has 0 radical (unpaired) electrons. The summed E-state index contributed by atoms with van der Waals surface area (Å²) in [6.45, 7) is 6.81. The van der Waals surface area contributed by atoms with Crippen molar-refractivity contribution < 1.29 is 9.90 Å². The molecule has 1 aliphatic rings. The van der Waals surface area contributed by atoms with E-state index in [1.807, 2.05) is 30.9 Å². The number of nitrogens with two attached hydrogens (primary N) is 1. The third-order valence-corrected chi connectivity index (χ3v) is 3.79. The van der Waals surface area contributed by atoms with Crippen molar-refractivity contribution in [1.29, 1.82) is 0 Å². The molecule has 0 spiro atoms. The molecule has 1 aromatic rings. The van der Waals surface area contributed by atoms with Crippen molar-refractivity contribution in [2.75, 3.05) is 31.1 Å². The summed E-state index contributed by atoms with van der Waals surface area (Å²) in [6, 6.07) is 6.79. The third kappa shape index (κ3) is 3.22. The first kappa shape index (κ1) is 14.7. The number of aromatic hydroxyl groups is 1. The van der Waals surface area contributed by atoms with Gasteiger partial charge in [-0.2, -0.15) is 0 Å². The van der Waals surface area contributed by atoms with Gasteiger partial charge in [0, 0.05) is 37.9 Å². The van der Waals surface area contributed by atoms with Gasteiger partial charge in [0.15, 0.2) is 0 Å². The minimum Gasteiger partial charge on any atom is -0.508 e. The predicted octanol–water partition coefficient (Wildman–Crippen LogP) is 1.02. The zero-order chi connectivity index (χ0) is 14.7. The van der Waals surface area contributed by atoms with Crippen LogP contribution in [-0.2, 0) is 4.79 Å². The van der Waals surface area contributed by atoms with Crippen LogP contribution in [0.5, 0.6) is 5.75 Å². The summed E-state index contributed by atoms with van der Waals surface area (Å²) in [5, 5.41) is 9.51. The van der Waals surface area contributed by atoms with E-state index in [9.17, 15) is 9.90 Å². The van der Waals surface area contributed by atoms with Gasteiger partial charge in [-0.05, 0) is 18.1 Å². The first-order valence-corrected chi connectivity index (χ1v) is 7.07. The van der Waals surface area contributed by atoms with E-state index >= 15 is 0 Å². The fourth-order valence-corrected chi connectivity index (χ4v) is 2.37. The van der Waals surface area contributed by atoms with E-state index in [1.165, 1.54) is 0 Å². The summed E-state index contributed by atoms with van der Waals surface area (Å²) in [4.78, 5) is 16.2. The van der Waals surface area contributed by atoms with E-state index in [4.69, 9.17) is 5.73 Å². The molecular weight excluding hydrogens is 254 g/mol. The highest BCUT2D eigenvalue weighted by Crippen LogP contribution is 2.21. The van der Waals surface area contributed by atoms with E-state index in [0.29, 0.717) is 13.1 Å². The maximum atomic E-state index is 12.2. The van der Waals surface area contributed by atoms with Crippen LogP contribution in [0.25, 0.3) is 0 Å². The lowest BCUT2D eigenvalue weighted by atomic mass is 10.0. The molecule has 1 aliphatic heterocycles. The summed E-state index contributed by atoms with van der Waals surface area (Å²) in [6.07, 6.45) is 0. The predicted molar refractivity (Wildman–Crippen MR) is 79.7 cm³/mol. The number of nitrogens with zero attached hydrogens (tertiary/aromatic N) is 2. The molecule has 0 saturated carbocycles. The topological polar surface area (TPSA) is 69.8 Å². The lowest BCUT2D eigenvalue weighted by Crippen LogP contribution is -2.54. The second-order valence-electron chi connectivity index (χ2n) is 5.60. The second-order valence-corrected chi connectivity index (χ2v) is 5.60. The maximum absolute atomic E-state index is 12.2. The Bertz CT molecular complexity index is 468. The van der Waals surface area contributed by atoms with Crippen LogP contribution in [-0.4, -0.2) is 48.1 Å². The molecule has 2 rings (SSSR count). The van der Waals surface area contributed by atoms with Gasteiger partial charge in [-0.3, -0.25) is 4.79 Å². The highest BCUT2D eigenvalue weighted by Gasteiger charge is 2.26. The number of piperazine rings is 1. The van der Waals surface area contributed by atoms with E-state index in [0.717, 1.165) is 18.8 Å². The Hall–Kier alpha value is -1.75. The number of hydrogen-bond donors (Lipinski definition) is 2. The van der Waals surface area contributed by atoms with Crippen molar-refractivity contribution in [2.24, 2.45) is 11.7 Å². The van der Waals surface area contributed by atoms with Crippen LogP contribution in [0.2, 0.25) is 0 Å². The summed E-state index contributed by atoms with van der Waals surface area (Å²) in [5.41, 5.74) is 6.91. The van der Waals surface area contributed by atoms with Crippen LogP contribution < -0.4 is 10.6 Å². The molecule has 0 aromatic heterocycles. The van der Waals surface area contributed by atoms with Crippen LogP contribution in [0.3, 0.4) is 0 Å². The Morgan fingerprint density at radius 2 is 1.90 bits per heavy atom. The highest BCUT2D eigenvalue weighted by molar-refractivity contribution is 5.82. The van der Waals surface area contributed by atoms with E-state index in [-0.39, 0.29) is 17.6 Å². The molecule has 1 amide bonds. The Morgan fingerprint density at radius 1 is 1.25 bits per heavy atom. The maximum Gasteiger partial charge on any atom is 0.239 e. The first-order valence-electron chi connectivity index (χ1n) is 7.07. The van der Waals surface area contributed by atoms with Gasteiger partial charge in [0.05, 0.1) is 6.04 Å².